The van der Waals surface area contributed by atoms with E-state index in [2.05, 4.69) is 14.7 Å². The molecule has 0 saturated carbocycles. The summed E-state index contributed by atoms with van der Waals surface area (Å²) in [6.45, 7) is 0. The Kier molecular flexibility index (Phi) is 2.32. The third-order valence-corrected chi connectivity index (χ3v) is 2.16. The van der Waals surface area contributed by atoms with Gasteiger partial charge >= 0.3 is 5.97 Å². The van der Waals surface area contributed by atoms with Crippen LogP contribution in [0.2, 0.25) is 0 Å². The zero-order chi connectivity index (χ0) is 11.7. The van der Waals surface area contributed by atoms with Crippen molar-refractivity contribution >= 4 is 28.6 Å². The molecule has 6 nitrogen and oxygen atoms in total. The van der Waals surface area contributed by atoms with Gasteiger partial charge in [-0.3, -0.25) is 0 Å². The summed E-state index contributed by atoms with van der Waals surface area (Å²) in [5, 5.41) is 0.581. The number of ether oxygens (including phenoxy) is 1. The molecule has 0 unspecified atom stereocenters. The van der Waals surface area contributed by atoms with Crippen molar-refractivity contribution in [3.63, 3.8) is 0 Å². The lowest BCUT2D eigenvalue weighted by Gasteiger charge is -2.04. The molecule has 1 aromatic carbocycles. The number of carbonyl (C=O) groups is 1. The molecule has 2 aromatic rings. The van der Waals surface area contributed by atoms with Crippen LogP contribution in [-0.2, 0) is 4.74 Å². The standard InChI is InChI=1S/C10H10N4O2/c1-16-9(15)5-2-3-7-6(4-5)8(11)14-10(12)13-7/h2-4H,1H3,(H4,11,12,13,14). The van der Waals surface area contributed by atoms with E-state index < -0.39 is 5.97 Å². The molecule has 0 aliphatic heterocycles. The predicted molar refractivity (Wildman–Crippen MR) is 59.7 cm³/mol. The molecule has 0 amide bonds. The maximum atomic E-state index is 11.3. The van der Waals surface area contributed by atoms with Crippen LogP contribution in [0.15, 0.2) is 18.2 Å². The second-order valence-electron chi connectivity index (χ2n) is 3.19. The van der Waals surface area contributed by atoms with E-state index >= 15 is 0 Å². The van der Waals surface area contributed by atoms with E-state index in [0.29, 0.717) is 16.5 Å². The number of aromatic nitrogens is 2. The van der Waals surface area contributed by atoms with Crippen molar-refractivity contribution in [1.82, 2.24) is 9.97 Å². The lowest BCUT2D eigenvalue weighted by Crippen LogP contribution is -2.04. The van der Waals surface area contributed by atoms with Crippen LogP contribution in [0.5, 0.6) is 0 Å². The molecule has 0 bridgehead atoms. The molecule has 82 valence electrons. The van der Waals surface area contributed by atoms with Crippen LogP contribution in [0.4, 0.5) is 11.8 Å². The van der Waals surface area contributed by atoms with Crippen LogP contribution >= 0.6 is 0 Å². The summed E-state index contributed by atoms with van der Waals surface area (Å²) in [5.41, 5.74) is 12.1. The highest BCUT2D eigenvalue weighted by Gasteiger charge is 2.09. The largest absolute Gasteiger partial charge is 0.465 e. The minimum atomic E-state index is -0.432. The van der Waals surface area contributed by atoms with E-state index in [4.69, 9.17) is 11.5 Å². The van der Waals surface area contributed by atoms with Gasteiger partial charge in [0.15, 0.2) is 0 Å². The molecule has 6 heteroatoms. The van der Waals surface area contributed by atoms with Crippen molar-refractivity contribution < 1.29 is 9.53 Å². The van der Waals surface area contributed by atoms with Gasteiger partial charge in [0.05, 0.1) is 18.2 Å². The van der Waals surface area contributed by atoms with Gasteiger partial charge in [-0.25, -0.2) is 9.78 Å². The number of nitrogen functional groups attached to an aromatic ring is 2. The fraction of sp³-hybridized carbons (Fsp3) is 0.100. The van der Waals surface area contributed by atoms with Crippen molar-refractivity contribution in [3.05, 3.63) is 23.8 Å². The Bertz CT molecular complexity index is 568. The second kappa shape index (κ2) is 3.65. The van der Waals surface area contributed by atoms with Crippen LogP contribution in [0.3, 0.4) is 0 Å². The van der Waals surface area contributed by atoms with E-state index in [0.717, 1.165) is 0 Å². The zero-order valence-electron chi connectivity index (χ0n) is 8.60. The minimum absolute atomic E-state index is 0.107. The summed E-state index contributed by atoms with van der Waals surface area (Å²) in [7, 11) is 1.31. The maximum absolute atomic E-state index is 11.3. The van der Waals surface area contributed by atoms with Crippen molar-refractivity contribution in [3.8, 4) is 0 Å². The Balaban J connectivity index is 2.66. The Hall–Kier alpha value is -2.37. The number of esters is 1. The molecule has 1 heterocycles. The van der Waals surface area contributed by atoms with Gasteiger partial charge < -0.3 is 16.2 Å². The first-order valence-corrected chi connectivity index (χ1v) is 4.53. The molecule has 0 spiro atoms. The number of methoxy groups -OCH3 is 1. The monoisotopic (exact) mass is 218 g/mol. The average Bonchev–Trinajstić information content (AvgIpc) is 2.27. The van der Waals surface area contributed by atoms with Gasteiger partial charge in [-0.05, 0) is 18.2 Å². The van der Waals surface area contributed by atoms with Gasteiger partial charge in [0.1, 0.15) is 5.82 Å². The number of anilines is 2. The first-order chi connectivity index (χ1) is 7.61. The topological polar surface area (TPSA) is 104 Å². The lowest BCUT2D eigenvalue weighted by atomic mass is 10.1. The van der Waals surface area contributed by atoms with E-state index in [9.17, 15) is 4.79 Å². The van der Waals surface area contributed by atoms with Crippen molar-refractivity contribution in [2.24, 2.45) is 0 Å². The maximum Gasteiger partial charge on any atom is 0.337 e. The SMILES string of the molecule is COC(=O)c1ccc2nc(N)nc(N)c2c1. The first-order valence-electron chi connectivity index (χ1n) is 4.53. The molecule has 0 atom stereocenters. The summed E-state index contributed by atoms with van der Waals surface area (Å²) in [4.78, 5) is 19.1. The smallest absolute Gasteiger partial charge is 0.337 e. The molecule has 0 saturated heterocycles. The fourth-order valence-corrected chi connectivity index (χ4v) is 1.42. The zero-order valence-corrected chi connectivity index (χ0v) is 8.60. The third-order valence-electron chi connectivity index (χ3n) is 2.16. The van der Waals surface area contributed by atoms with E-state index in [1.807, 2.05) is 0 Å². The summed E-state index contributed by atoms with van der Waals surface area (Å²) >= 11 is 0. The lowest BCUT2D eigenvalue weighted by molar-refractivity contribution is 0.0601. The molecular formula is C10H10N4O2. The number of carbonyl (C=O) groups excluding carboxylic acids is 1. The molecular weight excluding hydrogens is 208 g/mol. The van der Waals surface area contributed by atoms with Crippen LogP contribution < -0.4 is 11.5 Å². The third kappa shape index (κ3) is 1.60. The number of hydrogen-bond acceptors (Lipinski definition) is 6. The number of nitrogens with two attached hydrogens (primary N) is 2. The van der Waals surface area contributed by atoms with E-state index in [1.165, 1.54) is 7.11 Å². The molecule has 0 aliphatic rings. The van der Waals surface area contributed by atoms with Gasteiger partial charge in [-0.1, -0.05) is 0 Å². The van der Waals surface area contributed by atoms with Gasteiger partial charge in [0, 0.05) is 5.39 Å². The Morgan fingerprint density at radius 1 is 1.31 bits per heavy atom. The molecule has 1 aromatic heterocycles. The van der Waals surface area contributed by atoms with Crippen LogP contribution in [0.25, 0.3) is 10.9 Å². The van der Waals surface area contributed by atoms with Gasteiger partial charge in [-0.2, -0.15) is 4.98 Å². The highest BCUT2D eigenvalue weighted by Crippen LogP contribution is 2.20. The number of rotatable bonds is 1. The Morgan fingerprint density at radius 3 is 2.75 bits per heavy atom. The molecule has 16 heavy (non-hydrogen) atoms. The highest BCUT2D eigenvalue weighted by molar-refractivity contribution is 5.97. The van der Waals surface area contributed by atoms with E-state index in [1.54, 1.807) is 18.2 Å². The highest BCUT2D eigenvalue weighted by atomic mass is 16.5. The van der Waals surface area contributed by atoms with Crippen LogP contribution in [0, 0.1) is 0 Å². The van der Waals surface area contributed by atoms with E-state index in [-0.39, 0.29) is 11.8 Å². The summed E-state index contributed by atoms with van der Waals surface area (Å²) in [6.07, 6.45) is 0. The predicted octanol–water partition coefficient (Wildman–Crippen LogP) is 0.581. The van der Waals surface area contributed by atoms with Gasteiger partial charge in [0.25, 0.3) is 0 Å². The van der Waals surface area contributed by atoms with Crippen molar-refractivity contribution in [2.75, 3.05) is 18.6 Å². The molecule has 2 rings (SSSR count). The molecule has 0 aliphatic carbocycles. The number of nitrogens with zero attached hydrogens (tertiary/aromatic N) is 2. The second-order valence-corrected chi connectivity index (χ2v) is 3.19. The Labute approximate surface area is 91.2 Å². The molecule has 4 N–H and O–H groups in total. The molecule has 0 radical (unpaired) electrons. The normalized spacial score (nSPS) is 10.3. The first kappa shape index (κ1) is 10.2. The summed E-state index contributed by atoms with van der Waals surface area (Å²) in [5.74, 6) is -0.0813. The average molecular weight is 218 g/mol. The van der Waals surface area contributed by atoms with Crippen LogP contribution in [0.1, 0.15) is 10.4 Å². The van der Waals surface area contributed by atoms with Gasteiger partial charge in [0.2, 0.25) is 5.95 Å². The number of fused-ring (bicyclic) bond motifs is 1. The number of benzene rings is 1. The van der Waals surface area contributed by atoms with Crippen molar-refractivity contribution in [2.45, 2.75) is 0 Å². The summed E-state index contributed by atoms with van der Waals surface area (Å²) in [6, 6.07) is 4.83. The van der Waals surface area contributed by atoms with Gasteiger partial charge in [-0.15, -0.1) is 0 Å². The minimum Gasteiger partial charge on any atom is -0.465 e. The Morgan fingerprint density at radius 2 is 2.06 bits per heavy atom. The number of hydrogen-bond donors (Lipinski definition) is 2. The van der Waals surface area contributed by atoms with Crippen LogP contribution in [-0.4, -0.2) is 23.0 Å². The quantitative estimate of drug-likeness (QED) is 0.678. The fourth-order valence-electron chi connectivity index (χ4n) is 1.42. The van der Waals surface area contributed by atoms with Crippen molar-refractivity contribution in [1.29, 1.82) is 0 Å². The summed E-state index contributed by atoms with van der Waals surface area (Å²) < 4.78 is 4.60. The molecule has 0 fully saturated rings.